The number of hydrogen-bond acceptors (Lipinski definition) is 3. The van der Waals surface area contributed by atoms with Gasteiger partial charge in [-0.3, -0.25) is 4.79 Å². The summed E-state index contributed by atoms with van der Waals surface area (Å²) in [7, 11) is 3.35. The second kappa shape index (κ2) is 8.19. The fourth-order valence-corrected chi connectivity index (χ4v) is 1.58. The van der Waals surface area contributed by atoms with E-state index in [-0.39, 0.29) is 24.4 Å². The van der Waals surface area contributed by atoms with Crippen LogP contribution in [-0.4, -0.2) is 32.7 Å². The van der Waals surface area contributed by atoms with Crippen LogP contribution in [0.2, 0.25) is 5.02 Å². The average Bonchev–Trinajstić information content (AvgIpc) is 2.34. The predicted octanol–water partition coefficient (Wildman–Crippen LogP) is 2.11. The van der Waals surface area contributed by atoms with Crippen molar-refractivity contribution in [1.82, 2.24) is 10.6 Å². The zero-order valence-corrected chi connectivity index (χ0v) is 12.2. The molecule has 0 heterocycles. The Hall–Kier alpha value is -0.970. The van der Waals surface area contributed by atoms with Gasteiger partial charge in [0.25, 0.3) is 5.91 Å². The fraction of sp³-hybridized carbons (Fsp3) is 0.417. The Morgan fingerprint density at radius 2 is 2.17 bits per heavy atom. The maximum absolute atomic E-state index is 12.0. The smallest absolute Gasteiger partial charge is 0.256 e. The fourth-order valence-electron chi connectivity index (χ4n) is 1.33. The lowest BCUT2D eigenvalue weighted by molar-refractivity contribution is 0.0947. The second-order valence-corrected chi connectivity index (χ2v) is 4.12. The van der Waals surface area contributed by atoms with Crippen LogP contribution in [0.5, 0.6) is 5.75 Å². The van der Waals surface area contributed by atoms with E-state index < -0.39 is 0 Å². The molecule has 0 aromatic heterocycles. The van der Waals surface area contributed by atoms with Crippen LogP contribution in [0.25, 0.3) is 0 Å². The van der Waals surface area contributed by atoms with Gasteiger partial charge < -0.3 is 15.4 Å². The lowest BCUT2D eigenvalue weighted by Crippen LogP contribution is -2.37. The van der Waals surface area contributed by atoms with E-state index in [1.807, 2.05) is 14.0 Å². The van der Waals surface area contributed by atoms with Gasteiger partial charge in [0, 0.05) is 12.6 Å². The Morgan fingerprint density at radius 3 is 2.72 bits per heavy atom. The van der Waals surface area contributed by atoms with E-state index in [0.717, 1.165) is 0 Å². The molecule has 1 amide bonds. The molecule has 0 aliphatic rings. The van der Waals surface area contributed by atoms with Crippen LogP contribution >= 0.6 is 24.0 Å². The number of halogens is 2. The molecule has 1 rings (SSSR count). The van der Waals surface area contributed by atoms with Crippen LogP contribution in [0.3, 0.4) is 0 Å². The quantitative estimate of drug-likeness (QED) is 0.874. The molecule has 0 fully saturated rings. The average molecular weight is 293 g/mol. The van der Waals surface area contributed by atoms with E-state index in [1.165, 1.54) is 7.11 Å². The van der Waals surface area contributed by atoms with Gasteiger partial charge in [0.2, 0.25) is 0 Å². The lowest BCUT2D eigenvalue weighted by atomic mass is 10.2. The number of carbonyl (C=O) groups is 1. The van der Waals surface area contributed by atoms with Gasteiger partial charge >= 0.3 is 0 Å². The molecular formula is C12H18Cl2N2O2. The molecule has 0 spiro atoms. The summed E-state index contributed by atoms with van der Waals surface area (Å²) in [5.74, 6) is 0.252. The zero-order valence-electron chi connectivity index (χ0n) is 10.6. The predicted molar refractivity (Wildman–Crippen MR) is 76.1 cm³/mol. The van der Waals surface area contributed by atoms with Gasteiger partial charge in [-0.2, -0.15) is 0 Å². The minimum atomic E-state index is -0.227. The highest BCUT2D eigenvalue weighted by molar-refractivity contribution is 6.34. The summed E-state index contributed by atoms with van der Waals surface area (Å²) in [6.45, 7) is 2.51. The molecule has 0 aliphatic heterocycles. The first kappa shape index (κ1) is 17.0. The van der Waals surface area contributed by atoms with Crippen molar-refractivity contribution >= 4 is 29.9 Å². The molecule has 1 aromatic carbocycles. The zero-order chi connectivity index (χ0) is 12.8. The molecule has 0 saturated carbocycles. The Labute approximate surface area is 118 Å². The summed E-state index contributed by atoms with van der Waals surface area (Å²) in [5.41, 5.74) is 0.375. The van der Waals surface area contributed by atoms with Gasteiger partial charge in [-0.15, -0.1) is 12.4 Å². The maximum Gasteiger partial charge on any atom is 0.256 e. The van der Waals surface area contributed by atoms with Crippen LogP contribution < -0.4 is 15.4 Å². The summed E-state index contributed by atoms with van der Waals surface area (Å²) in [6, 6.07) is 5.32. The van der Waals surface area contributed by atoms with Crippen molar-refractivity contribution in [1.29, 1.82) is 0 Å². The third-order valence-corrected chi connectivity index (χ3v) is 2.80. The van der Waals surface area contributed by atoms with Crippen LogP contribution in [0.1, 0.15) is 17.3 Å². The van der Waals surface area contributed by atoms with Crippen molar-refractivity contribution in [3.05, 3.63) is 28.8 Å². The molecule has 1 unspecified atom stereocenters. The number of benzene rings is 1. The van der Waals surface area contributed by atoms with E-state index in [0.29, 0.717) is 22.9 Å². The van der Waals surface area contributed by atoms with Gasteiger partial charge in [-0.05, 0) is 26.1 Å². The Kier molecular flexibility index (Phi) is 7.75. The van der Waals surface area contributed by atoms with Gasteiger partial charge in [0.15, 0.2) is 0 Å². The largest absolute Gasteiger partial charge is 0.496 e. The molecule has 1 atom stereocenters. The van der Waals surface area contributed by atoms with E-state index in [4.69, 9.17) is 16.3 Å². The molecule has 4 nitrogen and oxygen atoms in total. The molecule has 102 valence electrons. The lowest BCUT2D eigenvalue weighted by Gasteiger charge is -2.13. The van der Waals surface area contributed by atoms with Gasteiger partial charge in [0.05, 0.1) is 17.7 Å². The molecular weight excluding hydrogens is 275 g/mol. The second-order valence-electron chi connectivity index (χ2n) is 3.72. The third kappa shape index (κ3) is 4.37. The van der Waals surface area contributed by atoms with Crippen LogP contribution in [0, 0.1) is 0 Å². The van der Waals surface area contributed by atoms with Gasteiger partial charge in [0.1, 0.15) is 5.75 Å². The van der Waals surface area contributed by atoms with Crippen LogP contribution in [0.15, 0.2) is 18.2 Å². The van der Waals surface area contributed by atoms with Crippen molar-refractivity contribution in [2.75, 3.05) is 20.7 Å². The molecule has 0 aliphatic carbocycles. The molecule has 1 aromatic rings. The maximum atomic E-state index is 12.0. The SMILES string of the molecule is CNC(C)CNC(=O)c1c(Cl)cccc1OC.Cl. The third-order valence-electron chi connectivity index (χ3n) is 2.48. The highest BCUT2D eigenvalue weighted by Crippen LogP contribution is 2.25. The number of hydrogen-bond donors (Lipinski definition) is 2. The first-order valence-electron chi connectivity index (χ1n) is 5.38. The monoisotopic (exact) mass is 292 g/mol. The topological polar surface area (TPSA) is 50.4 Å². The highest BCUT2D eigenvalue weighted by Gasteiger charge is 2.16. The van der Waals surface area contributed by atoms with Gasteiger partial charge in [-0.25, -0.2) is 0 Å². The summed E-state index contributed by atoms with van der Waals surface area (Å²) in [4.78, 5) is 12.0. The first-order chi connectivity index (χ1) is 8.10. The summed E-state index contributed by atoms with van der Waals surface area (Å²) in [6.07, 6.45) is 0. The standard InChI is InChI=1S/C12H17ClN2O2.ClH/c1-8(14-2)7-15-12(16)11-9(13)5-4-6-10(11)17-3;/h4-6,8,14H,7H2,1-3H3,(H,15,16);1H. The van der Waals surface area contributed by atoms with Crippen molar-refractivity contribution in [3.8, 4) is 5.75 Å². The molecule has 0 bridgehead atoms. The molecule has 6 heteroatoms. The number of likely N-dealkylation sites (N-methyl/N-ethyl adjacent to an activating group) is 1. The molecule has 0 saturated heterocycles. The first-order valence-corrected chi connectivity index (χ1v) is 5.76. The number of carbonyl (C=O) groups excluding carboxylic acids is 1. The highest BCUT2D eigenvalue weighted by atomic mass is 35.5. The number of nitrogens with one attached hydrogen (secondary N) is 2. The minimum absolute atomic E-state index is 0. The Morgan fingerprint density at radius 1 is 1.50 bits per heavy atom. The van der Waals surface area contributed by atoms with E-state index in [9.17, 15) is 4.79 Å². The number of amides is 1. The van der Waals surface area contributed by atoms with E-state index in [1.54, 1.807) is 18.2 Å². The number of methoxy groups -OCH3 is 1. The van der Waals surface area contributed by atoms with E-state index in [2.05, 4.69) is 10.6 Å². The summed E-state index contributed by atoms with van der Waals surface area (Å²) < 4.78 is 5.12. The molecule has 0 radical (unpaired) electrons. The van der Waals surface area contributed by atoms with Gasteiger partial charge in [-0.1, -0.05) is 17.7 Å². The Balaban J connectivity index is 0.00000289. The van der Waals surface area contributed by atoms with E-state index >= 15 is 0 Å². The Bertz CT molecular complexity index is 400. The van der Waals surface area contributed by atoms with Crippen molar-refractivity contribution < 1.29 is 9.53 Å². The van der Waals surface area contributed by atoms with Crippen LogP contribution in [0.4, 0.5) is 0 Å². The normalized spacial score (nSPS) is 11.3. The van der Waals surface area contributed by atoms with Crippen molar-refractivity contribution in [3.63, 3.8) is 0 Å². The number of rotatable bonds is 5. The minimum Gasteiger partial charge on any atom is -0.496 e. The van der Waals surface area contributed by atoms with Crippen LogP contribution in [-0.2, 0) is 0 Å². The molecule has 2 N–H and O–H groups in total. The van der Waals surface area contributed by atoms with Crippen molar-refractivity contribution in [2.24, 2.45) is 0 Å². The van der Waals surface area contributed by atoms with Crippen molar-refractivity contribution in [2.45, 2.75) is 13.0 Å². The summed E-state index contributed by atoms with van der Waals surface area (Å²) >= 11 is 6.00. The summed E-state index contributed by atoms with van der Waals surface area (Å²) in [5, 5.41) is 6.22. The number of ether oxygens (including phenoxy) is 1. The molecule has 18 heavy (non-hydrogen) atoms.